The first kappa shape index (κ1) is 18.1. The van der Waals surface area contributed by atoms with E-state index in [0.717, 1.165) is 17.0 Å². The van der Waals surface area contributed by atoms with E-state index >= 15 is 0 Å². The second kappa shape index (κ2) is 7.28. The molecular weight excluding hydrogens is 367 g/mol. The van der Waals surface area contributed by atoms with Gasteiger partial charge in [0.05, 0.1) is 17.2 Å². The maximum absolute atomic E-state index is 12.7. The highest BCUT2D eigenvalue weighted by Gasteiger charge is 2.30. The second-order valence-electron chi connectivity index (χ2n) is 5.34. The van der Waals surface area contributed by atoms with E-state index in [1.165, 1.54) is 23.7 Å². The fourth-order valence-corrected chi connectivity index (χ4v) is 3.29. The number of halogens is 3. The topological polar surface area (TPSA) is 64.1 Å². The number of hydrogen-bond donors (Lipinski definition) is 1. The number of carbonyl (C=O) groups is 1. The molecular formula is C17H14F3N3O2S. The quantitative estimate of drug-likeness (QED) is 0.660. The zero-order valence-corrected chi connectivity index (χ0v) is 14.4. The number of rotatable bonds is 5. The summed E-state index contributed by atoms with van der Waals surface area (Å²) in [5.74, 6) is -0.510. The first-order chi connectivity index (χ1) is 12.4. The molecule has 0 bridgehead atoms. The molecule has 0 amide bonds. The summed E-state index contributed by atoms with van der Waals surface area (Å²) in [6.45, 7) is 2.13. The van der Waals surface area contributed by atoms with Crippen molar-refractivity contribution in [2.45, 2.75) is 19.6 Å². The summed E-state index contributed by atoms with van der Waals surface area (Å²) in [6, 6.07) is 4.55. The van der Waals surface area contributed by atoms with E-state index in [-0.39, 0.29) is 18.8 Å². The van der Waals surface area contributed by atoms with Gasteiger partial charge in [-0.15, -0.1) is 11.3 Å². The number of alkyl halides is 3. The van der Waals surface area contributed by atoms with E-state index in [0.29, 0.717) is 16.0 Å². The van der Waals surface area contributed by atoms with E-state index in [1.54, 1.807) is 19.1 Å². The molecule has 0 aliphatic rings. The largest absolute Gasteiger partial charge is 0.461 e. The Kier molecular flexibility index (Phi) is 5.08. The lowest BCUT2D eigenvalue weighted by atomic mass is 10.2. The number of esters is 1. The number of nitrogens with one attached hydrogen (secondary N) is 1. The first-order valence-electron chi connectivity index (χ1n) is 7.69. The molecule has 0 radical (unpaired) electrons. The van der Waals surface area contributed by atoms with Crippen LogP contribution in [0.4, 0.5) is 18.2 Å². The van der Waals surface area contributed by atoms with Gasteiger partial charge in [0.1, 0.15) is 0 Å². The standard InChI is InChI=1S/C17H14F3N3O2S/c1-2-25-16(24)15-12-6-14(26-13(12)3-4-22-15)23-8-10-5-11(9-21-7-10)17(18,19)20/h3-7,9,23H,2,8H2,1H3. The van der Waals surface area contributed by atoms with Crippen molar-refractivity contribution in [3.8, 4) is 0 Å². The van der Waals surface area contributed by atoms with Crippen molar-refractivity contribution in [1.82, 2.24) is 9.97 Å². The van der Waals surface area contributed by atoms with E-state index in [9.17, 15) is 18.0 Å². The van der Waals surface area contributed by atoms with Crippen molar-refractivity contribution >= 4 is 32.4 Å². The van der Waals surface area contributed by atoms with Crippen LogP contribution in [0.3, 0.4) is 0 Å². The molecule has 136 valence electrons. The van der Waals surface area contributed by atoms with Crippen LogP contribution in [0.1, 0.15) is 28.5 Å². The van der Waals surface area contributed by atoms with Crippen LogP contribution in [0.5, 0.6) is 0 Å². The van der Waals surface area contributed by atoms with Crippen LogP contribution in [0.25, 0.3) is 10.1 Å². The highest BCUT2D eigenvalue weighted by molar-refractivity contribution is 7.22. The molecule has 0 aliphatic carbocycles. The van der Waals surface area contributed by atoms with Crippen LogP contribution >= 0.6 is 11.3 Å². The van der Waals surface area contributed by atoms with Crippen LogP contribution in [-0.2, 0) is 17.5 Å². The number of nitrogens with zero attached hydrogens (tertiary/aromatic N) is 2. The number of pyridine rings is 2. The van der Waals surface area contributed by atoms with Gasteiger partial charge in [0, 0.05) is 35.2 Å². The summed E-state index contributed by atoms with van der Waals surface area (Å²) >= 11 is 1.37. The smallest absolute Gasteiger partial charge is 0.417 e. The second-order valence-corrected chi connectivity index (χ2v) is 6.42. The van der Waals surface area contributed by atoms with Gasteiger partial charge in [-0.2, -0.15) is 13.2 Å². The predicted molar refractivity (Wildman–Crippen MR) is 92.1 cm³/mol. The third-order valence-corrected chi connectivity index (χ3v) is 4.56. The van der Waals surface area contributed by atoms with Crippen molar-refractivity contribution in [2.75, 3.05) is 11.9 Å². The molecule has 3 heterocycles. The average Bonchev–Trinajstić information content (AvgIpc) is 3.02. The molecule has 3 aromatic rings. The normalized spacial score (nSPS) is 11.5. The molecule has 1 N–H and O–H groups in total. The minimum atomic E-state index is -4.43. The lowest BCUT2D eigenvalue weighted by Crippen LogP contribution is -2.07. The Morgan fingerprint density at radius 1 is 1.31 bits per heavy atom. The minimum absolute atomic E-state index is 0.173. The van der Waals surface area contributed by atoms with Crippen LogP contribution < -0.4 is 5.32 Å². The molecule has 0 fully saturated rings. The SMILES string of the molecule is CCOC(=O)c1nccc2sc(NCc3cncc(C(F)(F)F)c3)cc12. The van der Waals surface area contributed by atoms with Crippen molar-refractivity contribution in [3.63, 3.8) is 0 Å². The lowest BCUT2D eigenvalue weighted by molar-refractivity contribution is -0.137. The number of thiophene rings is 1. The first-order valence-corrected chi connectivity index (χ1v) is 8.51. The molecule has 0 saturated carbocycles. The summed E-state index contributed by atoms with van der Waals surface area (Å²) in [7, 11) is 0. The van der Waals surface area contributed by atoms with E-state index in [1.807, 2.05) is 0 Å². The van der Waals surface area contributed by atoms with Crippen LogP contribution in [0, 0.1) is 0 Å². The van der Waals surface area contributed by atoms with Crippen molar-refractivity contribution in [3.05, 3.63) is 53.6 Å². The Balaban J connectivity index is 1.80. The van der Waals surface area contributed by atoms with Gasteiger partial charge in [-0.3, -0.25) is 4.98 Å². The van der Waals surface area contributed by atoms with Gasteiger partial charge in [0.25, 0.3) is 0 Å². The summed E-state index contributed by atoms with van der Waals surface area (Å²) in [5, 5.41) is 4.40. The van der Waals surface area contributed by atoms with Gasteiger partial charge in [-0.1, -0.05) is 0 Å². The van der Waals surface area contributed by atoms with Gasteiger partial charge < -0.3 is 10.1 Å². The van der Waals surface area contributed by atoms with E-state index in [4.69, 9.17) is 4.74 Å². The predicted octanol–water partition coefficient (Wildman–Crippen LogP) is 4.50. The fraction of sp³-hybridized carbons (Fsp3) is 0.235. The van der Waals surface area contributed by atoms with Crippen molar-refractivity contribution in [1.29, 1.82) is 0 Å². The maximum atomic E-state index is 12.7. The van der Waals surface area contributed by atoms with Gasteiger partial charge in [0.2, 0.25) is 0 Å². The highest BCUT2D eigenvalue weighted by Crippen LogP contribution is 2.32. The number of carbonyl (C=O) groups excluding carboxylic acids is 1. The summed E-state index contributed by atoms with van der Waals surface area (Å²) < 4.78 is 44.0. The van der Waals surface area contributed by atoms with Gasteiger partial charge >= 0.3 is 12.1 Å². The molecule has 0 aromatic carbocycles. The third kappa shape index (κ3) is 3.93. The Hall–Kier alpha value is -2.68. The fourth-order valence-electron chi connectivity index (χ4n) is 2.34. The van der Waals surface area contributed by atoms with Crippen molar-refractivity contribution < 1.29 is 22.7 Å². The highest BCUT2D eigenvalue weighted by atomic mass is 32.1. The molecule has 0 aliphatic heterocycles. The van der Waals surface area contributed by atoms with Gasteiger partial charge in [-0.25, -0.2) is 9.78 Å². The molecule has 0 saturated heterocycles. The third-order valence-electron chi connectivity index (χ3n) is 3.50. The van der Waals surface area contributed by atoms with Crippen LogP contribution in [-0.4, -0.2) is 22.5 Å². The molecule has 9 heteroatoms. The number of hydrogen-bond acceptors (Lipinski definition) is 6. The Morgan fingerprint density at radius 2 is 2.12 bits per heavy atom. The molecule has 0 spiro atoms. The summed E-state index contributed by atoms with van der Waals surface area (Å²) in [6.07, 6.45) is -0.742. The molecule has 0 unspecified atom stereocenters. The Bertz CT molecular complexity index is 940. The summed E-state index contributed by atoms with van der Waals surface area (Å²) in [4.78, 5) is 19.7. The Morgan fingerprint density at radius 3 is 2.85 bits per heavy atom. The molecule has 3 rings (SSSR count). The maximum Gasteiger partial charge on any atom is 0.417 e. The molecule has 26 heavy (non-hydrogen) atoms. The number of fused-ring (bicyclic) bond motifs is 1. The average molecular weight is 381 g/mol. The van der Waals surface area contributed by atoms with E-state index in [2.05, 4.69) is 15.3 Å². The van der Waals surface area contributed by atoms with E-state index < -0.39 is 17.7 Å². The molecule has 3 aromatic heterocycles. The Labute approximate surface area is 150 Å². The van der Waals surface area contributed by atoms with Gasteiger partial charge in [-0.05, 0) is 30.7 Å². The zero-order chi connectivity index (χ0) is 18.7. The van der Waals surface area contributed by atoms with Gasteiger partial charge in [0.15, 0.2) is 5.69 Å². The number of anilines is 1. The van der Waals surface area contributed by atoms with Crippen LogP contribution in [0.2, 0.25) is 0 Å². The zero-order valence-electron chi connectivity index (χ0n) is 13.6. The summed E-state index contributed by atoms with van der Waals surface area (Å²) in [5.41, 5.74) is -0.169. The number of aromatic nitrogens is 2. The van der Waals surface area contributed by atoms with Crippen LogP contribution in [0.15, 0.2) is 36.8 Å². The minimum Gasteiger partial charge on any atom is -0.461 e. The lowest BCUT2D eigenvalue weighted by Gasteiger charge is -2.08. The molecule has 5 nitrogen and oxygen atoms in total. The monoisotopic (exact) mass is 381 g/mol. The number of ether oxygens (including phenoxy) is 1. The molecule has 0 atom stereocenters. The van der Waals surface area contributed by atoms with Crippen molar-refractivity contribution in [2.24, 2.45) is 0 Å².